The Balaban J connectivity index is 2.00. The number of esters is 1. The van der Waals surface area contributed by atoms with Crippen molar-refractivity contribution in [1.29, 1.82) is 5.26 Å². The number of benzene rings is 1. The smallest absolute Gasteiger partial charge is 0.306 e. The lowest BCUT2D eigenvalue weighted by Crippen LogP contribution is -2.17. The van der Waals surface area contributed by atoms with Gasteiger partial charge in [0.15, 0.2) is 0 Å². The minimum atomic E-state index is -0.391. The van der Waals surface area contributed by atoms with Crippen LogP contribution in [0.4, 0.5) is 0 Å². The molecule has 0 saturated heterocycles. The van der Waals surface area contributed by atoms with E-state index in [0.29, 0.717) is 17.7 Å². The van der Waals surface area contributed by atoms with Crippen molar-refractivity contribution in [2.75, 3.05) is 0 Å². The molecular formula is C18H18N2O3. The molecule has 5 nitrogen and oxygen atoms in total. The Bertz CT molecular complexity index is 801. The maximum absolute atomic E-state index is 11.9. The van der Waals surface area contributed by atoms with Gasteiger partial charge in [-0.3, -0.25) is 9.59 Å². The van der Waals surface area contributed by atoms with Crippen LogP contribution in [0, 0.1) is 25.2 Å². The average molecular weight is 310 g/mol. The van der Waals surface area contributed by atoms with Crippen molar-refractivity contribution in [3.05, 3.63) is 68.6 Å². The second-order valence-corrected chi connectivity index (χ2v) is 5.32. The van der Waals surface area contributed by atoms with Gasteiger partial charge >= 0.3 is 5.97 Å². The van der Waals surface area contributed by atoms with E-state index >= 15 is 0 Å². The number of rotatable bonds is 5. The Labute approximate surface area is 134 Å². The fraction of sp³-hybridized carbons (Fsp3) is 0.278. The number of aromatic nitrogens is 1. The fourth-order valence-corrected chi connectivity index (χ4v) is 2.46. The summed E-state index contributed by atoms with van der Waals surface area (Å²) in [5, 5.41) is 9.04. The summed E-state index contributed by atoms with van der Waals surface area (Å²) in [6.45, 7) is 3.73. The second kappa shape index (κ2) is 7.41. The highest BCUT2D eigenvalue weighted by Crippen LogP contribution is 2.15. The zero-order valence-corrected chi connectivity index (χ0v) is 13.2. The molecule has 1 aromatic heterocycles. The number of carbonyl (C=O) groups is 1. The molecule has 0 radical (unpaired) electrons. The van der Waals surface area contributed by atoms with Crippen LogP contribution in [0.15, 0.2) is 35.1 Å². The molecule has 0 spiro atoms. The number of nitrogens with one attached hydrogen (secondary N) is 1. The number of aryl methyl sites for hydroxylation is 1. The van der Waals surface area contributed by atoms with Gasteiger partial charge in [0.25, 0.3) is 5.56 Å². The van der Waals surface area contributed by atoms with E-state index in [1.54, 1.807) is 13.8 Å². The largest absolute Gasteiger partial charge is 0.461 e. The number of nitriles is 1. The number of ether oxygens (including phenoxy) is 1. The Kier molecular flexibility index (Phi) is 5.32. The number of aromatic amines is 1. The maximum atomic E-state index is 11.9. The molecule has 118 valence electrons. The third kappa shape index (κ3) is 4.07. The molecule has 1 N–H and O–H groups in total. The van der Waals surface area contributed by atoms with Crippen LogP contribution in [0.25, 0.3) is 0 Å². The van der Waals surface area contributed by atoms with E-state index in [9.17, 15) is 9.59 Å². The quantitative estimate of drug-likeness (QED) is 0.860. The van der Waals surface area contributed by atoms with E-state index < -0.39 is 5.56 Å². The number of hydrogen-bond acceptors (Lipinski definition) is 4. The summed E-state index contributed by atoms with van der Waals surface area (Å²) in [6.07, 6.45) is 0.627. The van der Waals surface area contributed by atoms with Crippen molar-refractivity contribution < 1.29 is 9.53 Å². The zero-order chi connectivity index (χ0) is 16.8. The molecule has 2 rings (SSSR count). The van der Waals surface area contributed by atoms with Crippen molar-refractivity contribution in [1.82, 2.24) is 4.98 Å². The molecule has 0 atom stereocenters. The third-order valence-electron chi connectivity index (χ3n) is 3.74. The highest BCUT2D eigenvalue weighted by molar-refractivity contribution is 5.70. The summed E-state index contributed by atoms with van der Waals surface area (Å²) in [5.74, 6) is -0.308. The standard InChI is InChI=1S/C18H18N2O3/c1-12-15(13(2)20-18(22)16(12)10-19)8-9-17(21)23-11-14-6-4-3-5-7-14/h3-7H,8-9,11H2,1-2H3,(H,20,22). The summed E-state index contributed by atoms with van der Waals surface area (Å²) in [7, 11) is 0. The van der Waals surface area contributed by atoms with Crippen LogP contribution in [0.3, 0.4) is 0 Å². The van der Waals surface area contributed by atoms with Gasteiger partial charge in [0.2, 0.25) is 0 Å². The number of nitrogens with zero attached hydrogens (tertiary/aromatic N) is 1. The number of hydrogen-bond donors (Lipinski definition) is 1. The first-order chi connectivity index (χ1) is 11.0. The molecular weight excluding hydrogens is 292 g/mol. The molecule has 2 aromatic rings. The lowest BCUT2D eigenvalue weighted by molar-refractivity contribution is -0.144. The second-order valence-electron chi connectivity index (χ2n) is 5.32. The van der Waals surface area contributed by atoms with Gasteiger partial charge in [0.05, 0.1) is 0 Å². The normalized spacial score (nSPS) is 10.1. The SMILES string of the molecule is Cc1[nH]c(=O)c(C#N)c(C)c1CCC(=O)OCc1ccccc1. The molecule has 0 unspecified atom stereocenters. The first kappa shape index (κ1) is 16.5. The van der Waals surface area contributed by atoms with Crippen molar-refractivity contribution in [2.45, 2.75) is 33.3 Å². The predicted molar refractivity (Wildman–Crippen MR) is 85.8 cm³/mol. The molecule has 23 heavy (non-hydrogen) atoms. The zero-order valence-electron chi connectivity index (χ0n) is 13.2. The van der Waals surface area contributed by atoms with Crippen LogP contribution >= 0.6 is 0 Å². The highest BCUT2D eigenvalue weighted by Gasteiger charge is 2.13. The first-order valence-electron chi connectivity index (χ1n) is 7.35. The van der Waals surface area contributed by atoms with Crippen LogP contribution in [-0.2, 0) is 22.6 Å². The van der Waals surface area contributed by atoms with Gasteiger partial charge in [0, 0.05) is 12.1 Å². The molecule has 0 aliphatic rings. The average Bonchev–Trinajstić information content (AvgIpc) is 2.53. The Morgan fingerprint density at radius 3 is 2.61 bits per heavy atom. The lowest BCUT2D eigenvalue weighted by atomic mass is 9.99. The lowest BCUT2D eigenvalue weighted by Gasteiger charge is -2.10. The molecule has 0 aliphatic carbocycles. The van der Waals surface area contributed by atoms with Crippen molar-refractivity contribution in [3.63, 3.8) is 0 Å². The fourth-order valence-electron chi connectivity index (χ4n) is 2.46. The van der Waals surface area contributed by atoms with E-state index in [2.05, 4.69) is 4.98 Å². The van der Waals surface area contributed by atoms with Crippen molar-refractivity contribution >= 4 is 5.97 Å². The van der Waals surface area contributed by atoms with Crippen LogP contribution in [0.1, 0.15) is 34.4 Å². The number of pyridine rings is 1. The van der Waals surface area contributed by atoms with Gasteiger partial charge in [-0.15, -0.1) is 0 Å². The van der Waals surface area contributed by atoms with E-state index in [0.717, 1.165) is 11.1 Å². The van der Waals surface area contributed by atoms with Crippen molar-refractivity contribution in [2.24, 2.45) is 0 Å². The number of carbonyl (C=O) groups excluding carboxylic acids is 1. The van der Waals surface area contributed by atoms with Gasteiger partial charge < -0.3 is 9.72 Å². The van der Waals surface area contributed by atoms with Gasteiger partial charge in [-0.2, -0.15) is 5.26 Å². The van der Waals surface area contributed by atoms with E-state index in [-0.39, 0.29) is 24.6 Å². The van der Waals surface area contributed by atoms with E-state index in [1.807, 2.05) is 36.4 Å². The first-order valence-corrected chi connectivity index (χ1v) is 7.35. The maximum Gasteiger partial charge on any atom is 0.306 e. The van der Waals surface area contributed by atoms with Gasteiger partial charge in [0.1, 0.15) is 18.2 Å². The molecule has 1 heterocycles. The van der Waals surface area contributed by atoms with E-state index in [4.69, 9.17) is 10.00 Å². The van der Waals surface area contributed by atoms with Crippen LogP contribution in [0.2, 0.25) is 0 Å². The highest BCUT2D eigenvalue weighted by atomic mass is 16.5. The Morgan fingerprint density at radius 2 is 1.96 bits per heavy atom. The van der Waals surface area contributed by atoms with Gasteiger partial charge in [-0.05, 0) is 37.0 Å². The van der Waals surface area contributed by atoms with Crippen LogP contribution in [0.5, 0.6) is 0 Å². The molecule has 0 bridgehead atoms. The molecule has 0 aliphatic heterocycles. The molecule has 0 fully saturated rings. The summed E-state index contributed by atoms with van der Waals surface area (Å²) < 4.78 is 5.23. The van der Waals surface area contributed by atoms with Gasteiger partial charge in [-0.25, -0.2) is 0 Å². The molecule has 0 amide bonds. The summed E-state index contributed by atoms with van der Waals surface area (Å²) >= 11 is 0. The van der Waals surface area contributed by atoms with Crippen LogP contribution < -0.4 is 5.56 Å². The molecule has 0 saturated carbocycles. The Hall–Kier alpha value is -2.87. The Morgan fingerprint density at radius 1 is 1.26 bits per heavy atom. The van der Waals surface area contributed by atoms with Gasteiger partial charge in [-0.1, -0.05) is 30.3 Å². The minimum absolute atomic E-state index is 0.100. The summed E-state index contributed by atoms with van der Waals surface area (Å²) in [6, 6.07) is 11.4. The van der Waals surface area contributed by atoms with Crippen LogP contribution in [-0.4, -0.2) is 11.0 Å². The number of H-pyrrole nitrogens is 1. The molecule has 5 heteroatoms. The van der Waals surface area contributed by atoms with Crippen molar-refractivity contribution in [3.8, 4) is 6.07 Å². The summed E-state index contributed by atoms with van der Waals surface area (Å²) in [4.78, 5) is 26.2. The topological polar surface area (TPSA) is 83.0 Å². The minimum Gasteiger partial charge on any atom is -0.461 e. The summed E-state index contributed by atoms with van der Waals surface area (Å²) in [5.41, 5.74) is 2.77. The molecule has 1 aromatic carbocycles. The monoisotopic (exact) mass is 310 g/mol. The predicted octanol–water partition coefficient (Wildman–Crippen LogP) is 2.54. The third-order valence-corrected chi connectivity index (χ3v) is 3.74. The van der Waals surface area contributed by atoms with E-state index in [1.165, 1.54) is 0 Å².